The Morgan fingerprint density at radius 1 is 1.00 bits per heavy atom. The van der Waals surface area contributed by atoms with Crippen molar-refractivity contribution in [2.45, 2.75) is 12.0 Å². The van der Waals surface area contributed by atoms with E-state index in [1.807, 2.05) is 42.5 Å². The molecule has 1 aliphatic heterocycles. The third-order valence-corrected chi connectivity index (χ3v) is 4.77. The van der Waals surface area contributed by atoms with Crippen LogP contribution in [0.4, 0.5) is 0 Å². The van der Waals surface area contributed by atoms with E-state index in [4.69, 9.17) is 9.47 Å². The number of aliphatic hydroxyl groups excluding tert-OH is 1. The Balaban J connectivity index is 1.82. The molecule has 0 spiro atoms. The molecule has 24 heavy (non-hydrogen) atoms. The van der Waals surface area contributed by atoms with Crippen LogP contribution in [0.3, 0.4) is 0 Å². The van der Waals surface area contributed by atoms with E-state index in [0.29, 0.717) is 0 Å². The first-order chi connectivity index (χ1) is 11.8. The molecule has 0 aromatic heterocycles. The van der Waals surface area contributed by atoms with Gasteiger partial charge in [-0.1, -0.05) is 42.5 Å². The van der Waals surface area contributed by atoms with Crippen LogP contribution >= 0.6 is 0 Å². The molecule has 2 atom stereocenters. The van der Waals surface area contributed by atoms with E-state index in [1.165, 1.54) is 10.5 Å². The molecule has 128 valence electrons. The number of rotatable bonds is 6. The highest BCUT2D eigenvalue weighted by molar-refractivity contribution is 5.31. The van der Waals surface area contributed by atoms with Crippen molar-refractivity contribution >= 4 is 0 Å². The summed E-state index contributed by atoms with van der Waals surface area (Å²) < 4.78 is 10.7. The lowest BCUT2D eigenvalue weighted by atomic mass is 9.88. The van der Waals surface area contributed by atoms with Crippen molar-refractivity contribution in [1.82, 2.24) is 0 Å². The zero-order valence-electron chi connectivity index (χ0n) is 14.2. The zero-order valence-corrected chi connectivity index (χ0v) is 14.2. The van der Waals surface area contributed by atoms with Gasteiger partial charge in [0.1, 0.15) is 18.8 Å². The Kier molecular flexibility index (Phi) is 5.86. The SMILES string of the molecule is COc1ccc([C@@H](O)[C@@H](C[NH+]2CCOCC2)c2ccccc2)cc1. The number of methoxy groups -OCH3 is 1. The maximum atomic E-state index is 11.0. The minimum absolute atomic E-state index is 0.0627. The quantitative estimate of drug-likeness (QED) is 0.843. The summed E-state index contributed by atoms with van der Waals surface area (Å²) in [6.45, 7) is 4.50. The predicted molar refractivity (Wildman–Crippen MR) is 93.5 cm³/mol. The number of hydrogen-bond donors (Lipinski definition) is 2. The smallest absolute Gasteiger partial charge is 0.118 e. The molecule has 2 N–H and O–H groups in total. The molecular formula is C20H26NO3+. The highest BCUT2D eigenvalue weighted by Gasteiger charge is 2.28. The van der Waals surface area contributed by atoms with Crippen LogP contribution in [-0.4, -0.2) is 45.1 Å². The molecule has 2 aromatic carbocycles. The van der Waals surface area contributed by atoms with Crippen LogP contribution in [0.2, 0.25) is 0 Å². The molecule has 0 saturated carbocycles. The van der Waals surface area contributed by atoms with Gasteiger partial charge in [0.25, 0.3) is 0 Å². The molecule has 1 saturated heterocycles. The van der Waals surface area contributed by atoms with E-state index in [1.54, 1.807) is 7.11 Å². The van der Waals surface area contributed by atoms with Crippen LogP contribution in [0.1, 0.15) is 23.1 Å². The average molecular weight is 328 g/mol. The first-order valence-corrected chi connectivity index (χ1v) is 8.56. The molecule has 0 unspecified atom stereocenters. The Hall–Kier alpha value is -1.88. The first kappa shape index (κ1) is 17.0. The summed E-state index contributed by atoms with van der Waals surface area (Å²) in [4.78, 5) is 1.49. The first-order valence-electron chi connectivity index (χ1n) is 8.56. The second-order valence-corrected chi connectivity index (χ2v) is 6.30. The molecule has 1 aliphatic rings. The largest absolute Gasteiger partial charge is 0.497 e. The third-order valence-electron chi connectivity index (χ3n) is 4.77. The Morgan fingerprint density at radius 2 is 1.67 bits per heavy atom. The lowest BCUT2D eigenvalue weighted by molar-refractivity contribution is -0.909. The monoisotopic (exact) mass is 328 g/mol. The summed E-state index contributed by atoms with van der Waals surface area (Å²) in [7, 11) is 1.65. The van der Waals surface area contributed by atoms with Gasteiger partial charge in [-0.3, -0.25) is 0 Å². The number of ether oxygens (including phenoxy) is 2. The van der Waals surface area contributed by atoms with Crippen LogP contribution in [-0.2, 0) is 4.74 Å². The highest BCUT2D eigenvalue weighted by atomic mass is 16.5. The molecule has 4 nitrogen and oxygen atoms in total. The molecule has 2 aromatic rings. The van der Waals surface area contributed by atoms with Gasteiger partial charge in [-0.05, 0) is 23.3 Å². The van der Waals surface area contributed by atoms with Crippen LogP contribution in [0.15, 0.2) is 54.6 Å². The van der Waals surface area contributed by atoms with E-state index >= 15 is 0 Å². The van der Waals surface area contributed by atoms with E-state index < -0.39 is 6.10 Å². The Bertz CT molecular complexity index is 609. The second-order valence-electron chi connectivity index (χ2n) is 6.30. The Labute approximate surface area is 143 Å². The van der Waals surface area contributed by atoms with Crippen molar-refractivity contribution in [3.63, 3.8) is 0 Å². The lowest BCUT2D eigenvalue weighted by Crippen LogP contribution is -3.14. The fourth-order valence-corrected chi connectivity index (χ4v) is 3.32. The van der Waals surface area contributed by atoms with Crippen molar-refractivity contribution in [3.05, 3.63) is 65.7 Å². The van der Waals surface area contributed by atoms with E-state index in [-0.39, 0.29) is 5.92 Å². The van der Waals surface area contributed by atoms with Crippen molar-refractivity contribution in [1.29, 1.82) is 0 Å². The summed E-state index contributed by atoms with van der Waals surface area (Å²) in [5.41, 5.74) is 2.11. The van der Waals surface area contributed by atoms with Crippen LogP contribution in [0.5, 0.6) is 5.75 Å². The number of morpholine rings is 1. The standard InChI is InChI=1S/C20H25NO3/c1-23-18-9-7-17(8-10-18)20(22)19(16-5-3-2-4-6-16)15-21-11-13-24-14-12-21/h2-10,19-20,22H,11-15H2,1H3/p+1/t19-,20+/m0/s1. The second kappa shape index (κ2) is 8.29. The summed E-state index contributed by atoms with van der Waals surface area (Å²) in [6.07, 6.45) is -0.534. The molecule has 0 aliphatic carbocycles. The van der Waals surface area contributed by atoms with Crippen molar-refractivity contribution in [2.24, 2.45) is 0 Å². The predicted octanol–water partition coefficient (Wildman–Crippen LogP) is 1.43. The topological polar surface area (TPSA) is 43.1 Å². The van der Waals surface area contributed by atoms with Gasteiger partial charge in [-0.25, -0.2) is 0 Å². The molecule has 1 heterocycles. The summed E-state index contributed by atoms with van der Waals surface area (Å²) in [5, 5.41) is 11.0. The lowest BCUT2D eigenvalue weighted by Gasteiger charge is -2.30. The van der Waals surface area contributed by atoms with Crippen LogP contribution in [0.25, 0.3) is 0 Å². The van der Waals surface area contributed by atoms with Gasteiger partial charge in [0, 0.05) is 0 Å². The number of quaternary nitrogens is 1. The van der Waals surface area contributed by atoms with Crippen molar-refractivity contribution in [2.75, 3.05) is 40.0 Å². The maximum Gasteiger partial charge on any atom is 0.118 e. The minimum Gasteiger partial charge on any atom is -0.497 e. The average Bonchev–Trinajstić information content (AvgIpc) is 2.67. The van der Waals surface area contributed by atoms with Crippen LogP contribution in [0, 0.1) is 0 Å². The van der Waals surface area contributed by atoms with Gasteiger partial charge < -0.3 is 19.5 Å². The maximum absolute atomic E-state index is 11.0. The van der Waals surface area contributed by atoms with E-state index in [2.05, 4.69) is 12.1 Å². The summed E-state index contributed by atoms with van der Waals surface area (Å²) >= 11 is 0. The zero-order chi connectivity index (χ0) is 16.8. The number of aliphatic hydroxyl groups is 1. The number of nitrogens with one attached hydrogen (secondary N) is 1. The van der Waals surface area contributed by atoms with Gasteiger partial charge in [0.15, 0.2) is 0 Å². The molecule has 4 heteroatoms. The van der Waals surface area contributed by atoms with E-state index in [0.717, 1.165) is 44.2 Å². The molecule has 0 amide bonds. The van der Waals surface area contributed by atoms with Crippen molar-refractivity contribution in [3.8, 4) is 5.75 Å². The number of hydrogen-bond acceptors (Lipinski definition) is 3. The van der Waals surface area contributed by atoms with E-state index in [9.17, 15) is 5.11 Å². The molecular weight excluding hydrogens is 302 g/mol. The Morgan fingerprint density at radius 3 is 2.29 bits per heavy atom. The fraction of sp³-hybridized carbons (Fsp3) is 0.400. The molecule has 3 rings (SSSR count). The summed E-state index contributed by atoms with van der Waals surface area (Å²) in [6, 6.07) is 18.0. The van der Waals surface area contributed by atoms with Gasteiger partial charge >= 0.3 is 0 Å². The van der Waals surface area contributed by atoms with Crippen molar-refractivity contribution < 1.29 is 19.5 Å². The summed E-state index contributed by atoms with van der Waals surface area (Å²) in [5.74, 6) is 0.869. The van der Waals surface area contributed by atoms with Gasteiger partial charge in [-0.15, -0.1) is 0 Å². The molecule has 1 fully saturated rings. The minimum atomic E-state index is -0.534. The van der Waals surface area contributed by atoms with Crippen LogP contribution < -0.4 is 9.64 Å². The van der Waals surface area contributed by atoms with Gasteiger partial charge in [0.2, 0.25) is 0 Å². The van der Waals surface area contributed by atoms with Gasteiger partial charge in [0.05, 0.1) is 38.9 Å². The molecule has 0 radical (unpaired) electrons. The van der Waals surface area contributed by atoms with Gasteiger partial charge in [-0.2, -0.15) is 0 Å². The number of benzene rings is 2. The molecule has 0 bridgehead atoms. The normalized spacial score (nSPS) is 18.1. The third kappa shape index (κ3) is 4.15. The highest BCUT2D eigenvalue weighted by Crippen LogP contribution is 2.30. The fourth-order valence-electron chi connectivity index (χ4n) is 3.32.